The van der Waals surface area contributed by atoms with E-state index in [1.54, 1.807) is 31.2 Å². The molecule has 134 valence electrons. The second-order valence-electron chi connectivity index (χ2n) is 6.11. The van der Waals surface area contributed by atoms with Crippen molar-refractivity contribution in [1.82, 2.24) is 4.98 Å². The summed E-state index contributed by atoms with van der Waals surface area (Å²) in [5.74, 6) is 5.94. The fourth-order valence-electron chi connectivity index (χ4n) is 2.45. The zero-order valence-corrected chi connectivity index (χ0v) is 15.5. The number of sulfone groups is 1. The molecule has 0 radical (unpaired) electrons. The Hall–Kier alpha value is -2.10. The van der Waals surface area contributed by atoms with E-state index in [1.165, 1.54) is 0 Å². The minimum absolute atomic E-state index is 0.0270. The fourth-order valence-corrected chi connectivity index (χ4v) is 3.78. The average Bonchev–Trinajstić information content (AvgIpc) is 3.04. The Labute approximate surface area is 149 Å². The lowest BCUT2D eigenvalue weighted by Gasteiger charge is -2.17. The molecule has 0 aliphatic heterocycles. The van der Waals surface area contributed by atoms with Gasteiger partial charge in [-0.25, -0.2) is 13.4 Å². The molecule has 0 fully saturated rings. The van der Waals surface area contributed by atoms with Gasteiger partial charge in [-0.05, 0) is 38.3 Å². The normalized spacial score (nSPS) is 13.8. The van der Waals surface area contributed by atoms with Gasteiger partial charge in [0.15, 0.2) is 6.39 Å². The van der Waals surface area contributed by atoms with Crippen molar-refractivity contribution in [2.45, 2.75) is 56.1 Å². The van der Waals surface area contributed by atoms with Crippen molar-refractivity contribution in [3.05, 3.63) is 42.0 Å². The second-order valence-corrected chi connectivity index (χ2v) is 7.98. The van der Waals surface area contributed by atoms with Gasteiger partial charge in [-0.3, -0.25) is 0 Å². The fraction of sp³-hybridized carbons (Fsp3) is 0.421. The Morgan fingerprint density at radius 3 is 2.60 bits per heavy atom. The van der Waals surface area contributed by atoms with Gasteiger partial charge in [-0.15, -0.1) is 11.8 Å². The maximum Gasteiger partial charge on any atom is 0.227 e. The number of aryl methyl sites for hydroxylation is 1. The molecule has 0 saturated heterocycles. The Balaban J connectivity index is 2.19. The lowest BCUT2D eigenvalue weighted by molar-refractivity contribution is 0.106. The molecule has 0 saturated carbocycles. The summed E-state index contributed by atoms with van der Waals surface area (Å²) in [6.07, 6.45) is 1.91. The number of rotatable bonds is 7. The third kappa shape index (κ3) is 4.71. The van der Waals surface area contributed by atoms with Gasteiger partial charge < -0.3 is 9.52 Å². The molecule has 1 aromatic carbocycles. The Morgan fingerprint density at radius 2 is 1.96 bits per heavy atom. The number of oxazole rings is 1. The smallest absolute Gasteiger partial charge is 0.227 e. The van der Waals surface area contributed by atoms with Crippen LogP contribution in [-0.4, -0.2) is 24.6 Å². The highest BCUT2D eigenvalue weighted by Gasteiger charge is 2.28. The zero-order valence-electron chi connectivity index (χ0n) is 14.7. The molecule has 1 N–H and O–H groups in total. The van der Waals surface area contributed by atoms with Crippen LogP contribution in [0, 0.1) is 24.7 Å². The number of hydrogen-bond donors (Lipinski definition) is 1. The Kier molecular flexibility index (Phi) is 6.40. The number of aliphatic hydroxyl groups excluding tert-OH is 1. The SMILES string of the molecule is CC#CCC[C@@H](C)[C@H](O)Cc1ocnc1S(=O)(=O)c1ccc(C)cc1. The molecule has 0 bridgehead atoms. The monoisotopic (exact) mass is 361 g/mol. The minimum Gasteiger partial charge on any atom is -0.447 e. The van der Waals surface area contributed by atoms with E-state index >= 15 is 0 Å². The molecule has 1 aromatic heterocycles. The molecule has 25 heavy (non-hydrogen) atoms. The molecule has 2 atom stereocenters. The van der Waals surface area contributed by atoms with Gasteiger partial charge in [0.1, 0.15) is 5.76 Å². The van der Waals surface area contributed by atoms with E-state index in [1.807, 2.05) is 13.8 Å². The molecule has 2 rings (SSSR count). The molecular weight excluding hydrogens is 338 g/mol. The number of benzene rings is 1. The van der Waals surface area contributed by atoms with Gasteiger partial charge in [0.2, 0.25) is 14.9 Å². The van der Waals surface area contributed by atoms with Crippen LogP contribution in [-0.2, 0) is 16.3 Å². The quantitative estimate of drug-likeness (QED) is 0.766. The largest absolute Gasteiger partial charge is 0.447 e. The number of aromatic nitrogens is 1. The van der Waals surface area contributed by atoms with Crippen LogP contribution in [0.3, 0.4) is 0 Å². The van der Waals surface area contributed by atoms with E-state index in [0.717, 1.165) is 18.4 Å². The molecule has 0 unspecified atom stereocenters. The predicted molar refractivity (Wildman–Crippen MR) is 94.7 cm³/mol. The first kappa shape index (κ1) is 19.2. The number of nitrogens with zero attached hydrogens (tertiary/aromatic N) is 1. The van der Waals surface area contributed by atoms with Crippen LogP contribution in [0.2, 0.25) is 0 Å². The summed E-state index contributed by atoms with van der Waals surface area (Å²) in [5.41, 5.74) is 0.971. The molecule has 5 nitrogen and oxygen atoms in total. The van der Waals surface area contributed by atoms with E-state index in [0.29, 0.717) is 6.42 Å². The standard InChI is InChI=1S/C19H23NO4S/c1-4-5-6-7-15(3)17(21)12-18-19(20-13-24-18)25(22,23)16-10-8-14(2)9-11-16/h8-11,13,15,17,21H,6-7,12H2,1-3H3/t15-,17-/m1/s1. The summed E-state index contributed by atoms with van der Waals surface area (Å²) in [5, 5.41) is 10.2. The average molecular weight is 361 g/mol. The molecule has 2 aromatic rings. The lowest BCUT2D eigenvalue weighted by Crippen LogP contribution is -2.21. The van der Waals surface area contributed by atoms with Crippen LogP contribution < -0.4 is 0 Å². The highest BCUT2D eigenvalue weighted by Crippen LogP contribution is 2.25. The third-order valence-corrected chi connectivity index (χ3v) is 5.88. The van der Waals surface area contributed by atoms with Gasteiger partial charge in [0.25, 0.3) is 0 Å². The zero-order chi connectivity index (χ0) is 18.4. The van der Waals surface area contributed by atoms with Crippen molar-refractivity contribution < 1.29 is 17.9 Å². The van der Waals surface area contributed by atoms with E-state index in [2.05, 4.69) is 16.8 Å². The van der Waals surface area contributed by atoms with Crippen LogP contribution in [0.5, 0.6) is 0 Å². The van der Waals surface area contributed by atoms with E-state index < -0.39 is 15.9 Å². The molecule has 6 heteroatoms. The van der Waals surface area contributed by atoms with Gasteiger partial charge >= 0.3 is 0 Å². The van der Waals surface area contributed by atoms with Crippen molar-refractivity contribution in [2.75, 3.05) is 0 Å². The third-order valence-electron chi connectivity index (χ3n) is 4.14. The summed E-state index contributed by atoms with van der Waals surface area (Å²) in [4.78, 5) is 4.05. The number of aliphatic hydroxyl groups is 1. The molecule has 0 spiro atoms. The molecule has 1 heterocycles. The van der Waals surface area contributed by atoms with Crippen LogP contribution in [0.25, 0.3) is 0 Å². The first-order chi connectivity index (χ1) is 11.9. The summed E-state index contributed by atoms with van der Waals surface area (Å²) in [7, 11) is -3.77. The first-order valence-corrected chi connectivity index (χ1v) is 9.66. The highest BCUT2D eigenvalue weighted by atomic mass is 32.2. The lowest BCUT2D eigenvalue weighted by atomic mass is 9.96. The van der Waals surface area contributed by atoms with Crippen molar-refractivity contribution >= 4 is 9.84 Å². The predicted octanol–water partition coefficient (Wildman–Crippen LogP) is 3.16. The van der Waals surface area contributed by atoms with Crippen LogP contribution in [0.15, 0.2) is 45.0 Å². The first-order valence-electron chi connectivity index (χ1n) is 8.18. The van der Waals surface area contributed by atoms with E-state index in [9.17, 15) is 13.5 Å². The van der Waals surface area contributed by atoms with Crippen molar-refractivity contribution in [3.8, 4) is 11.8 Å². The summed E-state index contributed by atoms with van der Waals surface area (Å²) >= 11 is 0. The minimum atomic E-state index is -3.77. The van der Waals surface area contributed by atoms with Crippen LogP contribution >= 0.6 is 0 Å². The van der Waals surface area contributed by atoms with Gasteiger partial charge in [0.05, 0.1) is 11.0 Å². The van der Waals surface area contributed by atoms with E-state index in [-0.39, 0.29) is 28.0 Å². The summed E-state index contributed by atoms with van der Waals surface area (Å²) in [6, 6.07) is 6.56. The van der Waals surface area contributed by atoms with Crippen LogP contribution in [0.1, 0.15) is 38.0 Å². The molecular formula is C19H23NO4S. The summed E-state index contributed by atoms with van der Waals surface area (Å²) < 4.78 is 30.8. The van der Waals surface area contributed by atoms with Gasteiger partial charge in [0, 0.05) is 12.8 Å². The van der Waals surface area contributed by atoms with Crippen molar-refractivity contribution in [1.29, 1.82) is 0 Å². The van der Waals surface area contributed by atoms with Gasteiger partial charge in [-0.2, -0.15) is 0 Å². The highest BCUT2D eigenvalue weighted by molar-refractivity contribution is 7.91. The van der Waals surface area contributed by atoms with Crippen LogP contribution in [0.4, 0.5) is 0 Å². The maximum absolute atomic E-state index is 12.8. The summed E-state index contributed by atoms with van der Waals surface area (Å²) in [6.45, 7) is 5.57. The van der Waals surface area contributed by atoms with Crippen molar-refractivity contribution in [3.63, 3.8) is 0 Å². The van der Waals surface area contributed by atoms with Gasteiger partial charge in [-0.1, -0.05) is 24.6 Å². The Morgan fingerprint density at radius 1 is 1.28 bits per heavy atom. The Bertz CT molecular complexity index is 857. The van der Waals surface area contributed by atoms with Crippen molar-refractivity contribution in [2.24, 2.45) is 5.92 Å². The van der Waals surface area contributed by atoms with E-state index in [4.69, 9.17) is 4.42 Å². The molecule has 0 amide bonds. The topological polar surface area (TPSA) is 80.4 Å². The number of hydrogen-bond acceptors (Lipinski definition) is 5. The maximum atomic E-state index is 12.8. The molecule has 0 aliphatic carbocycles. The second kappa shape index (κ2) is 8.32. The molecule has 0 aliphatic rings.